The summed E-state index contributed by atoms with van der Waals surface area (Å²) < 4.78 is 13.2. The van der Waals surface area contributed by atoms with Gasteiger partial charge in [0.15, 0.2) is 0 Å². The Hall–Kier alpha value is -1.95. The number of carbonyl (C=O) groups is 2. The van der Waals surface area contributed by atoms with E-state index in [-0.39, 0.29) is 36.3 Å². The zero-order valence-corrected chi connectivity index (χ0v) is 14.2. The van der Waals surface area contributed by atoms with Gasteiger partial charge < -0.3 is 10.4 Å². The van der Waals surface area contributed by atoms with Gasteiger partial charge in [0.2, 0.25) is 5.91 Å². The quantitative estimate of drug-likeness (QED) is 0.762. The largest absolute Gasteiger partial charge is 0.480 e. The Balaban J connectivity index is 1.76. The number of rotatable bonds is 8. The first-order valence-electron chi connectivity index (χ1n) is 8.39. The Kier molecular flexibility index (Phi) is 6.31. The average Bonchev–Trinajstić information content (AvgIpc) is 2.48. The third kappa shape index (κ3) is 5.03. The lowest BCUT2D eigenvalue weighted by atomic mass is 9.84. The van der Waals surface area contributed by atoms with Crippen LogP contribution in [0.3, 0.4) is 0 Å². The van der Waals surface area contributed by atoms with Gasteiger partial charge in [0, 0.05) is 18.0 Å². The normalized spacial score (nSPS) is 21.2. The molecule has 1 unspecified atom stereocenters. The maximum absolute atomic E-state index is 13.2. The fourth-order valence-electron chi connectivity index (χ4n) is 3.13. The number of carboxylic acid groups (broad SMARTS) is 1. The maximum atomic E-state index is 13.2. The molecule has 0 aromatic heterocycles. The number of carboxylic acids is 1. The van der Waals surface area contributed by atoms with E-state index in [2.05, 4.69) is 5.32 Å². The molecule has 2 N–H and O–H groups in total. The molecule has 1 aromatic carbocycles. The number of carbonyl (C=O) groups excluding carboxylic acids is 1. The molecule has 1 atom stereocenters. The number of halogens is 1. The maximum Gasteiger partial charge on any atom is 0.317 e. The molecule has 132 valence electrons. The van der Waals surface area contributed by atoms with Crippen LogP contribution in [0.4, 0.5) is 4.39 Å². The van der Waals surface area contributed by atoms with Gasteiger partial charge in [-0.2, -0.15) is 0 Å². The van der Waals surface area contributed by atoms with E-state index in [1.54, 1.807) is 6.07 Å². The van der Waals surface area contributed by atoms with Crippen molar-refractivity contribution in [1.82, 2.24) is 10.2 Å². The zero-order valence-electron chi connectivity index (χ0n) is 14.2. The van der Waals surface area contributed by atoms with Crippen LogP contribution in [0.15, 0.2) is 24.3 Å². The van der Waals surface area contributed by atoms with Crippen LogP contribution < -0.4 is 5.32 Å². The summed E-state index contributed by atoms with van der Waals surface area (Å²) in [5.41, 5.74) is 0.808. The summed E-state index contributed by atoms with van der Waals surface area (Å²) in [7, 11) is 0. The van der Waals surface area contributed by atoms with E-state index in [0.29, 0.717) is 13.0 Å². The molecule has 24 heavy (non-hydrogen) atoms. The number of benzene rings is 1. The van der Waals surface area contributed by atoms with Crippen LogP contribution in [-0.4, -0.2) is 47.1 Å². The van der Waals surface area contributed by atoms with E-state index >= 15 is 0 Å². The van der Waals surface area contributed by atoms with Crippen molar-refractivity contribution in [1.29, 1.82) is 0 Å². The molecule has 0 bridgehead atoms. The highest BCUT2D eigenvalue weighted by Gasteiger charge is 2.35. The molecule has 1 aliphatic rings. The number of nitrogens with zero attached hydrogens (tertiary/aromatic N) is 1. The van der Waals surface area contributed by atoms with Crippen molar-refractivity contribution >= 4 is 11.9 Å². The topological polar surface area (TPSA) is 69.6 Å². The number of hydrogen-bond donors (Lipinski definition) is 2. The molecule has 6 heteroatoms. The molecule has 5 nitrogen and oxygen atoms in total. The third-order valence-corrected chi connectivity index (χ3v) is 4.60. The van der Waals surface area contributed by atoms with Crippen LogP contribution in [-0.2, 0) is 16.0 Å². The van der Waals surface area contributed by atoms with E-state index in [1.807, 2.05) is 24.8 Å². The van der Waals surface area contributed by atoms with Crippen LogP contribution in [0.25, 0.3) is 0 Å². The Bertz CT molecular complexity index is 587. The van der Waals surface area contributed by atoms with Crippen LogP contribution in [0.2, 0.25) is 0 Å². The molecule has 0 radical (unpaired) electrons. The number of nitrogens with one attached hydrogen (secondary N) is 1. The Morgan fingerprint density at radius 3 is 2.71 bits per heavy atom. The molecule has 0 heterocycles. The molecule has 1 saturated carbocycles. The van der Waals surface area contributed by atoms with Gasteiger partial charge in [-0.1, -0.05) is 26.0 Å². The second kappa shape index (κ2) is 8.24. The zero-order chi connectivity index (χ0) is 17.7. The lowest BCUT2D eigenvalue weighted by molar-refractivity contribution is -0.140. The monoisotopic (exact) mass is 336 g/mol. The molecule has 0 saturated heterocycles. The van der Waals surface area contributed by atoms with Crippen molar-refractivity contribution < 1.29 is 19.1 Å². The first kappa shape index (κ1) is 18.4. The Labute approximate surface area is 141 Å². The highest BCUT2D eigenvalue weighted by atomic mass is 19.1. The van der Waals surface area contributed by atoms with Crippen molar-refractivity contribution in [2.24, 2.45) is 5.92 Å². The molecule has 0 spiro atoms. The minimum Gasteiger partial charge on any atom is -0.480 e. The Morgan fingerprint density at radius 1 is 1.42 bits per heavy atom. The number of amides is 1. The predicted octanol–water partition coefficient (Wildman–Crippen LogP) is 2.06. The molecular weight excluding hydrogens is 311 g/mol. The van der Waals surface area contributed by atoms with Crippen LogP contribution in [0.5, 0.6) is 0 Å². The van der Waals surface area contributed by atoms with Crippen molar-refractivity contribution in [3.05, 3.63) is 35.6 Å². The second-order valence-corrected chi connectivity index (χ2v) is 6.52. The Morgan fingerprint density at radius 2 is 2.12 bits per heavy atom. The van der Waals surface area contributed by atoms with Gasteiger partial charge in [-0.05, 0) is 43.5 Å². The van der Waals surface area contributed by atoms with E-state index in [9.17, 15) is 14.0 Å². The lowest BCUT2D eigenvalue weighted by Gasteiger charge is -2.42. The summed E-state index contributed by atoms with van der Waals surface area (Å²) >= 11 is 0. The summed E-state index contributed by atoms with van der Waals surface area (Å²) in [6.07, 6.45) is 2.05. The van der Waals surface area contributed by atoms with E-state index < -0.39 is 5.97 Å². The first-order valence-corrected chi connectivity index (χ1v) is 8.39. The highest BCUT2D eigenvalue weighted by Crippen LogP contribution is 2.26. The summed E-state index contributed by atoms with van der Waals surface area (Å²) in [5.74, 6) is -1.38. The third-order valence-electron chi connectivity index (χ3n) is 4.60. The first-order chi connectivity index (χ1) is 11.4. The van der Waals surface area contributed by atoms with E-state index in [1.165, 1.54) is 12.1 Å². The molecule has 1 aliphatic carbocycles. The molecule has 1 amide bonds. The number of hydrogen-bond acceptors (Lipinski definition) is 3. The molecule has 1 aromatic rings. The molecule has 0 aliphatic heterocycles. The van der Waals surface area contributed by atoms with Gasteiger partial charge >= 0.3 is 5.97 Å². The smallest absolute Gasteiger partial charge is 0.317 e. The molecule has 1 fully saturated rings. The van der Waals surface area contributed by atoms with Crippen molar-refractivity contribution in [3.8, 4) is 0 Å². The van der Waals surface area contributed by atoms with Crippen LogP contribution in [0.1, 0.15) is 32.3 Å². The minimum absolute atomic E-state index is 0.0380. The predicted molar refractivity (Wildman–Crippen MR) is 89.1 cm³/mol. The van der Waals surface area contributed by atoms with Crippen molar-refractivity contribution in [2.75, 3.05) is 13.1 Å². The van der Waals surface area contributed by atoms with Crippen molar-refractivity contribution in [3.63, 3.8) is 0 Å². The highest BCUT2D eigenvalue weighted by molar-refractivity contribution is 5.79. The summed E-state index contributed by atoms with van der Waals surface area (Å²) in [6.45, 7) is 4.50. The van der Waals surface area contributed by atoms with E-state index in [0.717, 1.165) is 18.4 Å². The summed E-state index contributed by atoms with van der Waals surface area (Å²) in [6, 6.07) is 6.62. The van der Waals surface area contributed by atoms with Crippen LogP contribution >= 0.6 is 0 Å². The SMILES string of the molecule is CCN(CC(=O)O)C1CC(NC(=O)C(C)Cc2cccc(F)c2)C1. The molecular formula is C18H25FN2O3. The van der Waals surface area contributed by atoms with E-state index in [4.69, 9.17) is 5.11 Å². The van der Waals surface area contributed by atoms with Gasteiger partial charge in [0.05, 0.1) is 6.54 Å². The number of likely N-dealkylation sites (N-methyl/N-ethyl adjacent to an activating group) is 1. The molecule has 2 rings (SSSR count). The summed E-state index contributed by atoms with van der Waals surface area (Å²) in [5, 5.41) is 11.9. The lowest BCUT2D eigenvalue weighted by Crippen LogP contribution is -2.55. The fourth-order valence-corrected chi connectivity index (χ4v) is 3.13. The van der Waals surface area contributed by atoms with Gasteiger partial charge in [-0.15, -0.1) is 0 Å². The van der Waals surface area contributed by atoms with Gasteiger partial charge in [0.1, 0.15) is 5.82 Å². The van der Waals surface area contributed by atoms with Crippen molar-refractivity contribution in [2.45, 2.75) is 45.2 Å². The second-order valence-electron chi connectivity index (χ2n) is 6.52. The minimum atomic E-state index is -0.826. The van der Waals surface area contributed by atoms with Gasteiger partial charge in [0.25, 0.3) is 0 Å². The summed E-state index contributed by atoms with van der Waals surface area (Å²) in [4.78, 5) is 25.0. The fraction of sp³-hybridized carbons (Fsp3) is 0.556. The average molecular weight is 336 g/mol. The van der Waals surface area contributed by atoms with Gasteiger partial charge in [-0.3, -0.25) is 14.5 Å². The van der Waals surface area contributed by atoms with Gasteiger partial charge in [-0.25, -0.2) is 4.39 Å². The van der Waals surface area contributed by atoms with Crippen LogP contribution in [0, 0.1) is 11.7 Å². The standard InChI is InChI=1S/C18H25FN2O3/c1-3-21(11-17(22)23)16-9-15(10-16)20-18(24)12(2)7-13-5-4-6-14(19)8-13/h4-6,8,12,15-16H,3,7,9-11H2,1-2H3,(H,20,24)(H,22,23). The number of aliphatic carboxylic acids is 1.